The molecule has 29 heavy (non-hydrogen) atoms. The number of anilines is 1. The predicted molar refractivity (Wildman–Crippen MR) is 113 cm³/mol. The number of nitrogens with one attached hydrogen (secondary N) is 2. The van der Waals surface area contributed by atoms with Crippen LogP contribution in [0.4, 0.5) is 5.69 Å². The molecule has 2 aliphatic rings. The van der Waals surface area contributed by atoms with E-state index in [1.54, 1.807) is 11.8 Å². The zero-order valence-corrected chi connectivity index (χ0v) is 17.6. The van der Waals surface area contributed by atoms with E-state index in [0.717, 1.165) is 37.1 Å². The highest BCUT2D eigenvalue weighted by Gasteiger charge is 2.24. The largest absolute Gasteiger partial charge is 0.348 e. The van der Waals surface area contributed by atoms with E-state index in [1.807, 2.05) is 31.2 Å². The van der Waals surface area contributed by atoms with Gasteiger partial charge in [0.15, 0.2) is 0 Å². The van der Waals surface area contributed by atoms with Crippen molar-refractivity contribution in [2.24, 2.45) is 5.92 Å². The molecular formula is C23H33N3O3. The maximum atomic E-state index is 12.6. The topological polar surface area (TPSA) is 78.5 Å². The summed E-state index contributed by atoms with van der Waals surface area (Å²) in [4.78, 5) is 38.6. The van der Waals surface area contributed by atoms with E-state index in [-0.39, 0.29) is 23.8 Å². The average molecular weight is 400 g/mol. The van der Waals surface area contributed by atoms with Crippen LogP contribution in [0.2, 0.25) is 0 Å². The van der Waals surface area contributed by atoms with E-state index in [2.05, 4.69) is 10.6 Å². The molecule has 2 fully saturated rings. The molecule has 1 saturated heterocycles. The van der Waals surface area contributed by atoms with Gasteiger partial charge >= 0.3 is 0 Å². The van der Waals surface area contributed by atoms with Gasteiger partial charge in [-0.15, -0.1) is 0 Å². The van der Waals surface area contributed by atoms with Gasteiger partial charge < -0.3 is 15.5 Å². The van der Waals surface area contributed by atoms with Crippen LogP contribution >= 0.6 is 0 Å². The maximum absolute atomic E-state index is 12.6. The molecule has 1 aliphatic heterocycles. The third-order valence-corrected chi connectivity index (χ3v) is 6.08. The molecule has 2 N–H and O–H groups in total. The highest BCUT2D eigenvalue weighted by Crippen LogP contribution is 2.26. The fourth-order valence-electron chi connectivity index (χ4n) is 4.32. The van der Waals surface area contributed by atoms with E-state index in [0.29, 0.717) is 18.8 Å². The van der Waals surface area contributed by atoms with Crippen molar-refractivity contribution in [1.29, 1.82) is 0 Å². The van der Waals surface area contributed by atoms with Gasteiger partial charge in [-0.2, -0.15) is 0 Å². The van der Waals surface area contributed by atoms with E-state index in [9.17, 15) is 14.4 Å². The summed E-state index contributed by atoms with van der Waals surface area (Å²) in [7, 11) is 0. The highest BCUT2D eigenvalue weighted by atomic mass is 16.2. The Morgan fingerprint density at radius 3 is 2.55 bits per heavy atom. The molecule has 3 amide bonds. The summed E-state index contributed by atoms with van der Waals surface area (Å²) in [5, 5.41) is 5.82. The van der Waals surface area contributed by atoms with Crippen molar-refractivity contribution in [3.05, 3.63) is 29.8 Å². The molecule has 1 saturated carbocycles. The highest BCUT2D eigenvalue weighted by molar-refractivity contribution is 5.95. The molecule has 6 nitrogen and oxygen atoms in total. The Hall–Kier alpha value is -2.37. The Morgan fingerprint density at radius 2 is 1.86 bits per heavy atom. The summed E-state index contributed by atoms with van der Waals surface area (Å²) < 4.78 is 0. The molecule has 0 spiro atoms. The first-order valence-electron chi connectivity index (χ1n) is 10.9. The quantitative estimate of drug-likeness (QED) is 0.737. The Bertz CT molecular complexity index is 743. The van der Waals surface area contributed by atoms with E-state index < -0.39 is 6.04 Å². The van der Waals surface area contributed by atoms with Gasteiger partial charge in [0, 0.05) is 25.1 Å². The Labute approximate surface area is 173 Å². The molecule has 6 heteroatoms. The zero-order valence-electron chi connectivity index (χ0n) is 17.6. The van der Waals surface area contributed by atoms with Gasteiger partial charge in [-0.3, -0.25) is 14.4 Å². The lowest BCUT2D eigenvalue weighted by atomic mass is 9.87. The average Bonchev–Trinajstić information content (AvgIpc) is 3.14. The van der Waals surface area contributed by atoms with Gasteiger partial charge in [-0.05, 0) is 56.7 Å². The zero-order chi connectivity index (χ0) is 20.8. The standard InChI is InChI=1S/C23H33N3O3/c1-16(19-10-6-11-20(15-19)26-13-7-12-22(26)28)25-23(29)17(2)24-21(27)14-18-8-4-3-5-9-18/h6,10-11,15-18H,3-5,7-9,12-14H2,1-2H3,(H,24,27)(H,25,29). The molecule has 3 rings (SSSR count). The van der Waals surface area contributed by atoms with Crippen LogP contribution in [0.15, 0.2) is 24.3 Å². The minimum atomic E-state index is -0.572. The summed E-state index contributed by atoms with van der Waals surface area (Å²) >= 11 is 0. The fourth-order valence-corrected chi connectivity index (χ4v) is 4.32. The van der Waals surface area contributed by atoms with Crippen molar-refractivity contribution < 1.29 is 14.4 Å². The molecule has 0 radical (unpaired) electrons. The first kappa shape index (κ1) is 21.3. The normalized spacial score (nSPS) is 19.7. The third-order valence-electron chi connectivity index (χ3n) is 6.08. The van der Waals surface area contributed by atoms with Gasteiger partial charge in [0.1, 0.15) is 6.04 Å². The number of nitrogens with zero attached hydrogens (tertiary/aromatic N) is 1. The summed E-state index contributed by atoms with van der Waals surface area (Å²) in [6.45, 7) is 4.38. The SMILES string of the molecule is CC(NC(=O)CC1CCCCC1)C(=O)NC(C)c1cccc(N2CCCC2=O)c1. The van der Waals surface area contributed by atoms with Crippen LogP contribution < -0.4 is 15.5 Å². The molecule has 1 heterocycles. The van der Waals surface area contributed by atoms with E-state index in [4.69, 9.17) is 0 Å². The van der Waals surface area contributed by atoms with Gasteiger partial charge in [-0.25, -0.2) is 0 Å². The molecule has 158 valence electrons. The molecule has 0 bridgehead atoms. The lowest BCUT2D eigenvalue weighted by Gasteiger charge is -2.23. The van der Waals surface area contributed by atoms with Gasteiger partial charge in [-0.1, -0.05) is 31.4 Å². The van der Waals surface area contributed by atoms with Gasteiger partial charge in [0.2, 0.25) is 17.7 Å². The minimum absolute atomic E-state index is 0.0400. The first-order valence-corrected chi connectivity index (χ1v) is 10.9. The van der Waals surface area contributed by atoms with Crippen LogP contribution in [0.25, 0.3) is 0 Å². The number of rotatable bonds is 7. The minimum Gasteiger partial charge on any atom is -0.348 e. The number of benzene rings is 1. The predicted octanol–water partition coefficient (Wildman–Crippen LogP) is 3.47. The fraction of sp³-hybridized carbons (Fsp3) is 0.609. The molecule has 1 aromatic rings. The summed E-state index contributed by atoms with van der Waals surface area (Å²) in [6, 6.07) is 6.96. The van der Waals surface area contributed by atoms with Crippen molar-refractivity contribution in [3.63, 3.8) is 0 Å². The second kappa shape index (κ2) is 9.90. The molecule has 0 aromatic heterocycles. The number of hydrogen-bond acceptors (Lipinski definition) is 3. The van der Waals surface area contributed by atoms with Crippen LogP contribution in [0, 0.1) is 5.92 Å². The van der Waals surface area contributed by atoms with Crippen LogP contribution in [0.1, 0.15) is 76.8 Å². The number of amides is 3. The van der Waals surface area contributed by atoms with Crippen LogP contribution in [-0.4, -0.2) is 30.3 Å². The Balaban J connectivity index is 1.51. The third kappa shape index (κ3) is 5.81. The smallest absolute Gasteiger partial charge is 0.242 e. The van der Waals surface area contributed by atoms with Gasteiger partial charge in [0.05, 0.1) is 6.04 Å². The number of hydrogen-bond donors (Lipinski definition) is 2. The van der Waals surface area contributed by atoms with E-state index >= 15 is 0 Å². The molecule has 2 unspecified atom stereocenters. The van der Waals surface area contributed by atoms with Crippen LogP contribution in [0.3, 0.4) is 0 Å². The second-order valence-electron chi connectivity index (χ2n) is 8.47. The van der Waals surface area contributed by atoms with Crippen molar-refractivity contribution in [3.8, 4) is 0 Å². The van der Waals surface area contributed by atoms with Crippen LogP contribution in [0.5, 0.6) is 0 Å². The first-order chi connectivity index (χ1) is 13.9. The monoisotopic (exact) mass is 399 g/mol. The van der Waals surface area contributed by atoms with Gasteiger partial charge in [0.25, 0.3) is 0 Å². The Morgan fingerprint density at radius 1 is 1.10 bits per heavy atom. The summed E-state index contributed by atoms with van der Waals surface area (Å²) in [6.07, 6.45) is 7.88. The molecular weight excluding hydrogens is 366 g/mol. The van der Waals surface area contributed by atoms with Crippen molar-refractivity contribution >= 4 is 23.4 Å². The molecule has 1 aliphatic carbocycles. The summed E-state index contributed by atoms with van der Waals surface area (Å²) in [5.41, 5.74) is 1.82. The van der Waals surface area contributed by atoms with Crippen molar-refractivity contribution in [2.75, 3.05) is 11.4 Å². The lowest BCUT2D eigenvalue weighted by Crippen LogP contribution is -2.45. The van der Waals surface area contributed by atoms with Crippen molar-refractivity contribution in [2.45, 2.75) is 77.3 Å². The van der Waals surface area contributed by atoms with E-state index in [1.165, 1.54) is 19.3 Å². The second-order valence-corrected chi connectivity index (χ2v) is 8.47. The van der Waals surface area contributed by atoms with Crippen molar-refractivity contribution in [1.82, 2.24) is 10.6 Å². The number of carbonyl (C=O) groups is 3. The van der Waals surface area contributed by atoms with Crippen LogP contribution in [-0.2, 0) is 14.4 Å². The Kier molecular flexibility index (Phi) is 7.29. The lowest BCUT2D eigenvalue weighted by molar-refractivity contribution is -0.129. The molecule has 2 atom stereocenters. The number of carbonyl (C=O) groups excluding carboxylic acids is 3. The molecule has 1 aromatic carbocycles. The maximum Gasteiger partial charge on any atom is 0.242 e. The summed E-state index contributed by atoms with van der Waals surface area (Å²) in [5.74, 6) is 0.362.